The highest BCUT2D eigenvalue weighted by molar-refractivity contribution is 6.39. The van der Waals surface area contributed by atoms with E-state index in [9.17, 15) is 9.90 Å². The van der Waals surface area contributed by atoms with Crippen LogP contribution in [0.25, 0.3) is 0 Å². The third-order valence-corrected chi connectivity index (χ3v) is 4.32. The second-order valence-electron chi connectivity index (χ2n) is 4.93. The number of rotatable bonds is 2. The average molecular weight is 302 g/mol. The van der Waals surface area contributed by atoms with Crippen molar-refractivity contribution in [2.24, 2.45) is 0 Å². The van der Waals surface area contributed by atoms with Crippen molar-refractivity contribution in [1.82, 2.24) is 4.90 Å². The first kappa shape index (κ1) is 14.6. The lowest BCUT2D eigenvalue weighted by Gasteiger charge is -2.35. The normalized spacial score (nSPS) is 23.2. The van der Waals surface area contributed by atoms with Crippen LogP contribution in [0.3, 0.4) is 0 Å². The fourth-order valence-corrected chi connectivity index (χ4v) is 3.13. The zero-order chi connectivity index (χ0) is 14.0. The summed E-state index contributed by atoms with van der Waals surface area (Å²) in [5.74, 6) is -0.235. The van der Waals surface area contributed by atoms with Crippen LogP contribution >= 0.6 is 23.2 Å². The van der Waals surface area contributed by atoms with E-state index in [1.54, 1.807) is 30.1 Å². The molecule has 2 unspecified atom stereocenters. The number of benzene rings is 1. The van der Waals surface area contributed by atoms with E-state index in [0.717, 1.165) is 25.7 Å². The second-order valence-corrected chi connectivity index (χ2v) is 5.75. The van der Waals surface area contributed by atoms with Crippen LogP contribution in [0.5, 0.6) is 0 Å². The maximum absolute atomic E-state index is 12.5. The fraction of sp³-hybridized carbons (Fsp3) is 0.500. The third kappa shape index (κ3) is 3.04. The van der Waals surface area contributed by atoms with E-state index in [2.05, 4.69) is 0 Å². The molecule has 0 bridgehead atoms. The Morgan fingerprint density at radius 1 is 1.26 bits per heavy atom. The number of hydrogen-bond donors (Lipinski definition) is 1. The van der Waals surface area contributed by atoms with Crippen LogP contribution in [-0.2, 0) is 0 Å². The smallest absolute Gasteiger partial charge is 0.256 e. The summed E-state index contributed by atoms with van der Waals surface area (Å²) < 4.78 is 0. The van der Waals surface area contributed by atoms with Gasteiger partial charge in [0.1, 0.15) is 0 Å². The molecule has 2 rings (SSSR count). The van der Waals surface area contributed by atoms with Gasteiger partial charge in [0, 0.05) is 7.05 Å². The molecule has 5 heteroatoms. The molecule has 1 amide bonds. The summed E-state index contributed by atoms with van der Waals surface area (Å²) in [6.45, 7) is 0. The quantitative estimate of drug-likeness (QED) is 0.910. The van der Waals surface area contributed by atoms with Gasteiger partial charge in [0.15, 0.2) is 0 Å². The van der Waals surface area contributed by atoms with Crippen molar-refractivity contribution in [3.8, 4) is 0 Å². The lowest BCUT2D eigenvalue weighted by Crippen LogP contribution is -2.46. The summed E-state index contributed by atoms with van der Waals surface area (Å²) in [6, 6.07) is 4.84. The molecule has 3 nitrogen and oxygen atoms in total. The van der Waals surface area contributed by atoms with E-state index < -0.39 is 6.10 Å². The molecule has 19 heavy (non-hydrogen) atoms. The van der Waals surface area contributed by atoms with E-state index in [0.29, 0.717) is 15.6 Å². The van der Waals surface area contributed by atoms with Crippen molar-refractivity contribution in [1.29, 1.82) is 0 Å². The van der Waals surface area contributed by atoms with Crippen molar-refractivity contribution < 1.29 is 9.90 Å². The summed E-state index contributed by atoms with van der Waals surface area (Å²) in [4.78, 5) is 14.0. The standard InChI is InChI=1S/C14H17Cl2NO2/c1-17(11-7-2-3-8-12(11)18)14(19)13-9(15)5-4-6-10(13)16/h4-6,11-12,18H,2-3,7-8H2,1H3. The van der Waals surface area contributed by atoms with E-state index in [1.807, 2.05) is 0 Å². The van der Waals surface area contributed by atoms with Gasteiger partial charge in [0.2, 0.25) is 0 Å². The van der Waals surface area contributed by atoms with Gasteiger partial charge in [-0.1, -0.05) is 42.1 Å². The number of halogens is 2. The van der Waals surface area contributed by atoms with Crippen molar-refractivity contribution in [2.45, 2.75) is 37.8 Å². The lowest BCUT2D eigenvalue weighted by atomic mass is 9.91. The summed E-state index contributed by atoms with van der Waals surface area (Å²) in [7, 11) is 1.70. The van der Waals surface area contributed by atoms with Crippen LogP contribution in [0, 0.1) is 0 Å². The van der Waals surface area contributed by atoms with Crippen LogP contribution in [0.4, 0.5) is 0 Å². The van der Waals surface area contributed by atoms with E-state index in [-0.39, 0.29) is 11.9 Å². The van der Waals surface area contributed by atoms with Gasteiger partial charge < -0.3 is 10.0 Å². The largest absolute Gasteiger partial charge is 0.391 e. The van der Waals surface area contributed by atoms with Gasteiger partial charge in [0.05, 0.1) is 27.8 Å². The maximum atomic E-state index is 12.5. The molecule has 0 spiro atoms. The summed E-state index contributed by atoms with van der Waals surface area (Å²) in [6.07, 6.45) is 3.11. The molecule has 1 aliphatic carbocycles. The summed E-state index contributed by atoms with van der Waals surface area (Å²) >= 11 is 12.1. The third-order valence-electron chi connectivity index (χ3n) is 3.69. The summed E-state index contributed by atoms with van der Waals surface area (Å²) in [5, 5.41) is 10.7. The molecular formula is C14H17Cl2NO2. The highest BCUT2D eigenvalue weighted by Gasteiger charge is 2.31. The number of aliphatic hydroxyl groups is 1. The Bertz CT molecular complexity index is 458. The van der Waals surface area contributed by atoms with Gasteiger partial charge in [-0.05, 0) is 25.0 Å². The van der Waals surface area contributed by atoms with Gasteiger partial charge in [-0.3, -0.25) is 4.79 Å². The van der Waals surface area contributed by atoms with E-state index in [1.165, 1.54) is 0 Å². The van der Waals surface area contributed by atoms with Gasteiger partial charge in [-0.25, -0.2) is 0 Å². The number of likely N-dealkylation sites (N-methyl/N-ethyl adjacent to an activating group) is 1. The van der Waals surface area contributed by atoms with Gasteiger partial charge >= 0.3 is 0 Å². The van der Waals surface area contributed by atoms with Crippen LogP contribution in [0.2, 0.25) is 10.0 Å². The predicted molar refractivity (Wildman–Crippen MR) is 76.8 cm³/mol. The molecule has 0 heterocycles. The van der Waals surface area contributed by atoms with Gasteiger partial charge in [-0.2, -0.15) is 0 Å². The minimum absolute atomic E-state index is 0.159. The van der Waals surface area contributed by atoms with Crippen molar-refractivity contribution in [3.05, 3.63) is 33.8 Å². The number of carbonyl (C=O) groups excluding carboxylic acids is 1. The second kappa shape index (κ2) is 6.12. The fourth-order valence-electron chi connectivity index (χ4n) is 2.57. The monoisotopic (exact) mass is 301 g/mol. The maximum Gasteiger partial charge on any atom is 0.256 e. The number of hydrogen-bond acceptors (Lipinski definition) is 2. The average Bonchev–Trinajstić information content (AvgIpc) is 2.38. The molecule has 1 aliphatic rings. The molecule has 1 fully saturated rings. The Kier molecular flexibility index (Phi) is 4.71. The van der Waals surface area contributed by atoms with Crippen molar-refractivity contribution >= 4 is 29.1 Å². The highest BCUT2D eigenvalue weighted by Crippen LogP contribution is 2.28. The van der Waals surface area contributed by atoms with Crippen molar-refractivity contribution in [2.75, 3.05) is 7.05 Å². The first-order valence-corrected chi connectivity index (χ1v) is 7.17. The molecule has 0 saturated heterocycles. The zero-order valence-electron chi connectivity index (χ0n) is 10.8. The molecule has 1 N–H and O–H groups in total. The Morgan fingerprint density at radius 3 is 2.42 bits per heavy atom. The highest BCUT2D eigenvalue weighted by atomic mass is 35.5. The number of aliphatic hydroxyl groups excluding tert-OH is 1. The first-order valence-electron chi connectivity index (χ1n) is 6.41. The molecule has 1 aromatic rings. The molecular weight excluding hydrogens is 285 g/mol. The Morgan fingerprint density at radius 2 is 1.84 bits per heavy atom. The molecule has 0 aliphatic heterocycles. The Balaban J connectivity index is 2.23. The SMILES string of the molecule is CN(C(=O)c1c(Cl)cccc1Cl)C1CCCCC1O. The lowest BCUT2D eigenvalue weighted by molar-refractivity contribution is 0.0268. The van der Waals surface area contributed by atoms with Gasteiger partial charge in [-0.15, -0.1) is 0 Å². The molecule has 1 aromatic carbocycles. The number of carbonyl (C=O) groups is 1. The molecule has 104 valence electrons. The van der Waals surface area contributed by atoms with E-state index >= 15 is 0 Å². The molecule has 0 aromatic heterocycles. The zero-order valence-corrected chi connectivity index (χ0v) is 12.3. The van der Waals surface area contributed by atoms with Crippen LogP contribution in [0.15, 0.2) is 18.2 Å². The molecule has 2 atom stereocenters. The van der Waals surface area contributed by atoms with Crippen LogP contribution < -0.4 is 0 Å². The van der Waals surface area contributed by atoms with Gasteiger partial charge in [0.25, 0.3) is 5.91 Å². The van der Waals surface area contributed by atoms with E-state index in [4.69, 9.17) is 23.2 Å². The Labute approximate surface area is 123 Å². The minimum Gasteiger partial charge on any atom is -0.391 e. The van der Waals surface area contributed by atoms with Crippen LogP contribution in [0.1, 0.15) is 36.0 Å². The van der Waals surface area contributed by atoms with Crippen LogP contribution in [-0.4, -0.2) is 35.1 Å². The molecule has 0 radical (unpaired) electrons. The molecule has 1 saturated carbocycles. The Hall–Kier alpha value is -0.770. The summed E-state index contributed by atoms with van der Waals surface area (Å²) in [5.41, 5.74) is 0.311. The van der Waals surface area contributed by atoms with Crippen molar-refractivity contribution in [3.63, 3.8) is 0 Å². The first-order chi connectivity index (χ1) is 9.02. The number of nitrogens with zero attached hydrogens (tertiary/aromatic N) is 1. The minimum atomic E-state index is -0.469. The predicted octanol–water partition coefficient (Wildman–Crippen LogP) is 3.37. The topological polar surface area (TPSA) is 40.5 Å². The number of amides is 1.